The average Bonchev–Trinajstić information content (AvgIpc) is 2.81. The monoisotopic (exact) mass is 277 g/mol. The Hall–Kier alpha value is -1.59. The van der Waals surface area contributed by atoms with Crippen molar-refractivity contribution in [2.45, 2.75) is 32.4 Å². The predicted molar refractivity (Wildman–Crippen MR) is 80.3 cm³/mol. The molecule has 1 fully saturated rings. The number of hydrogen-bond donors (Lipinski definition) is 3. The number of aliphatic hydroxyl groups excluding tert-OH is 1. The van der Waals surface area contributed by atoms with Gasteiger partial charge in [0.25, 0.3) is 0 Å². The van der Waals surface area contributed by atoms with E-state index in [4.69, 9.17) is 5.73 Å². The summed E-state index contributed by atoms with van der Waals surface area (Å²) in [6.45, 7) is 4.95. The van der Waals surface area contributed by atoms with Crippen LogP contribution in [-0.4, -0.2) is 41.1 Å². The van der Waals surface area contributed by atoms with Crippen LogP contribution in [0.25, 0.3) is 0 Å². The Morgan fingerprint density at radius 2 is 2.15 bits per heavy atom. The zero-order chi connectivity index (χ0) is 14.7. The number of hydrogen-bond acceptors (Lipinski definition) is 4. The van der Waals surface area contributed by atoms with Crippen molar-refractivity contribution in [1.82, 2.24) is 4.90 Å². The molecule has 1 heterocycles. The van der Waals surface area contributed by atoms with E-state index >= 15 is 0 Å². The van der Waals surface area contributed by atoms with Gasteiger partial charge in [0.05, 0.1) is 12.6 Å². The molecule has 0 aromatic heterocycles. The lowest BCUT2D eigenvalue weighted by Crippen LogP contribution is -2.47. The van der Waals surface area contributed by atoms with Crippen LogP contribution in [0.2, 0.25) is 0 Å². The summed E-state index contributed by atoms with van der Waals surface area (Å²) < 4.78 is 0. The SMILES string of the molecule is CC1CCN(C(C)C(=O)Nc2ccc(N)cc2)C1CO. The molecule has 1 amide bonds. The summed E-state index contributed by atoms with van der Waals surface area (Å²) in [6.07, 6.45) is 1.02. The minimum Gasteiger partial charge on any atom is -0.399 e. The molecule has 5 nitrogen and oxygen atoms in total. The second-order valence-corrected chi connectivity index (χ2v) is 5.54. The highest BCUT2D eigenvalue weighted by atomic mass is 16.3. The first-order chi connectivity index (χ1) is 9.52. The quantitative estimate of drug-likeness (QED) is 0.725. The summed E-state index contributed by atoms with van der Waals surface area (Å²) in [5.74, 6) is 0.370. The number of carbonyl (C=O) groups is 1. The van der Waals surface area contributed by atoms with E-state index < -0.39 is 0 Å². The van der Waals surface area contributed by atoms with Crippen molar-refractivity contribution in [3.05, 3.63) is 24.3 Å². The van der Waals surface area contributed by atoms with Gasteiger partial charge in [0.15, 0.2) is 0 Å². The lowest BCUT2D eigenvalue weighted by molar-refractivity contribution is -0.121. The van der Waals surface area contributed by atoms with Gasteiger partial charge in [-0.1, -0.05) is 6.92 Å². The number of amides is 1. The van der Waals surface area contributed by atoms with Gasteiger partial charge < -0.3 is 16.2 Å². The highest BCUT2D eigenvalue weighted by Crippen LogP contribution is 2.26. The molecule has 1 aromatic carbocycles. The Morgan fingerprint density at radius 3 is 2.75 bits per heavy atom. The Morgan fingerprint density at radius 1 is 1.50 bits per heavy atom. The molecule has 110 valence electrons. The summed E-state index contributed by atoms with van der Waals surface area (Å²) in [4.78, 5) is 14.4. The number of nitrogens with one attached hydrogen (secondary N) is 1. The number of likely N-dealkylation sites (tertiary alicyclic amines) is 1. The van der Waals surface area contributed by atoms with E-state index in [1.807, 2.05) is 6.92 Å². The van der Waals surface area contributed by atoms with Crippen LogP contribution >= 0.6 is 0 Å². The second kappa shape index (κ2) is 6.24. The van der Waals surface area contributed by atoms with Crippen molar-refractivity contribution < 1.29 is 9.90 Å². The van der Waals surface area contributed by atoms with E-state index in [0.29, 0.717) is 11.6 Å². The summed E-state index contributed by atoms with van der Waals surface area (Å²) in [6, 6.07) is 6.91. The predicted octanol–water partition coefficient (Wildman–Crippen LogP) is 1.30. The van der Waals surface area contributed by atoms with Gasteiger partial charge in [0.2, 0.25) is 5.91 Å². The smallest absolute Gasteiger partial charge is 0.241 e. The van der Waals surface area contributed by atoms with Crippen molar-refractivity contribution in [3.8, 4) is 0 Å². The number of nitrogens with two attached hydrogens (primary N) is 1. The summed E-state index contributed by atoms with van der Waals surface area (Å²) in [5, 5.41) is 12.4. The van der Waals surface area contributed by atoms with Gasteiger partial charge in [0, 0.05) is 17.4 Å². The van der Waals surface area contributed by atoms with Crippen LogP contribution in [0, 0.1) is 5.92 Å². The van der Waals surface area contributed by atoms with Crippen molar-refractivity contribution in [2.75, 3.05) is 24.2 Å². The molecule has 0 saturated carbocycles. The van der Waals surface area contributed by atoms with E-state index in [0.717, 1.165) is 18.7 Å². The summed E-state index contributed by atoms with van der Waals surface area (Å²) >= 11 is 0. The van der Waals surface area contributed by atoms with Crippen molar-refractivity contribution >= 4 is 17.3 Å². The van der Waals surface area contributed by atoms with Crippen LogP contribution in [0.3, 0.4) is 0 Å². The van der Waals surface area contributed by atoms with Gasteiger partial charge in [-0.25, -0.2) is 0 Å². The standard InChI is InChI=1S/C15H23N3O2/c1-10-7-8-18(14(10)9-19)11(2)15(20)17-13-5-3-12(16)4-6-13/h3-6,10-11,14,19H,7-9,16H2,1-2H3,(H,17,20). The van der Waals surface area contributed by atoms with Crippen LogP contribution in [0.1, 0.15) is 20.3 Å². The Kier molecular flexibility index (Phi) is 4.62. The molecule has 0 radical (unpaired) electrons. The number of anilines is 2. The molecule has 0 aliphatic carbocycles. The van der Waals surface area contributed by atoms with E-state index in [1.165, 1.54) is 0 Å². The summed E-state index contributed by atoms with van der Waals surface area (Å²) in [5.41, 5.74) is 7.03. The number of aliphatic hydroxyl groups is 1. The molecule has 20 heavy (non-hydrogen) atoms. The first-order valence-electron chi connectivity index (χ1n) is 7.06. The molecular weight excluding hydrogens is 254 g/mol. The minimum atomic E-state index is -0.255. The number of nitrogens with zero attached hydrogens (tertiary/aromatic N) is 1. The maximum absolute atomic E-state index is 12.3. The second-order valence-electron chi connectivity index (χ2n) is 5.54. The first-order valence-corrected chi connectivity index (χ1v) is 7.06. The largest absolute Gasteiger partial charge is 0.399 e. The molecule has 3 unspecified atom stereocenters. The van der Waals surface area contributed by atoms with Crippen LogP contribution in [0.5, 0.6) is 0 Å². The zero-order valence-electron chi connectivity index (χ0n) is 12.0. The van der Waals surface area contributed by atoms with Gasteiger partial charge in [-0.05, 0) is 50.1 Å². The number of benzene rings is 1. The Bertz CT molecular complexity index is 461. The summed E-state index contributed by atoms with van der Waals surface area (Å²) in [7, 11) is 0. The van der Waals surface area contributed by atoms with E-state index in [2.05, 4.69) is 17.1 Å². The molecule has 1 aliphatic heterocycles. The van der Waals surface area contributed by atoms with E-state index in [-0.39, 0.29) is 24.6 Å². The Labute approximate surface area is 119 Å². The lowest BCUT2D eigenvalue weighted by Gasteiger charge is -2.30. The molecule has 1 aromatic rings. The maximum atomic E-state index is 12.3. The molecule has 2 rings (SSSR count). The van der Waals surface area contributed by atoms with Gasteiger partial charge in [-0.15, -0.1) is 0 Å². The average molecular weight is 277 g/mol. The van der Waals surface area contributed by atoms with Crippen molar-refractivity contribution in [1.29, 1.82) is 0 Å². The lowest BCUT2D eigenvalue weighted by atomic mass is 10.0. The normalized spacial score (nSPS) is 24.6. The van der Waals surface area contributed by atoms with Crippen LogP contribution in [0.4, 0.5) is 11.4 Å². The van der Waals surface area contributed by atoms with Gasteiger partial charge in [-0.2, -0.15) is 0 Å². The minimum absolute atomic E-state index is 0.0534. The number of rotatable bonds is 4. The van der Waals surface area contributed by atoms with E-state index in [9.17, 15) is 9.90 Å². The third-order valence-electron chi connectivity index (χ3n) is 4.17. The van der Waals surface area contributed by atoms with Gasteiger partial charge in [0.1, 0.15) is 0 Å². The van der Waals surface area contributed by atoms with Crippen molar-refractivity contribution in [3.63, 3.8) is 0 Å². The highest BCUT2D eigenvalue weighted by molar-refractivity contribution is 5.94. The third kappa shape index (κ3) is 3.11. The fraction of sp³-hybridized carbons (Fsp3) is 0.533. The van der Waals surface area contributed by atoms with Crippen LogP contribution < -0.4 is 11.1 Å². The highest BCUT2D eigenvalue weighted by Gasteiger charge is 2.36. The fourth-order valence-electron chi connectivity index (χ4n) is 2.77. The third-order valence-corrected chi connectivity index (χ3v) is 4.17. The molecule has 5 heteroatoms. The number of carbonyl (C=O) groups excluding carboxylic acids is 1. The zero-order valence-corrected chi connectivity index (χ0v) is 12.0. The molecule has 1 aliphatic rings. The molecule has 1 saturated heterocycles. The fourth-order valence-corrected chi connectivity index (χ4v) is 2.77. The molecule has 0 bridgehead atoms. The van der Waals surface area contributed by atoms with Crippen LogP contribution in [0.15, 0.2) is 24.3 Å². The molecule has 0 spiro atoms. The van der Waals surface area contributed by atoms with Gasteiger partial charge >= 0.3 is 0 Å². The van der Waals surface area contributed by atoms with E-state index in [1.54, 1.807) is 24.3 Å². The van der Waals surface area contributed by atoms with Gasteiger partial charge in [-0.3, -0.25) is 9.69 Å². The molecule has 3 atom stereocenters. The van der Waals surface area contributed by atoms with Crippen molar-refractivity contribution in [2.24, 2.45) is 5.92 Å². The number of nitrogen functional groups attached to an aromatic ring is 1. The Balaban J connectivity index is 2.00. The van der Waals surface area contributed by atoms with Crippen LogP contribution in [-0.2, 0) is 4.79 Å². The molecular formula is C15H23N3O2. The topological polar surface area (TPSA) is 78.6 Å². The molecule has 4 N–H and O–H groups in total. The maximum Gasteiger partial charge on any atom is 0.241 e. The first kappa shape index (κ1) is 14.8.